The number of anilines is 1. The van der Waals surface area contributed by atoms with Crippen LogP contribution in [0.4, 0.5) is 5.69 Å². The van der Waals surface area contributed by atoms with Crippen molar-refractivity contribution < 1.29 is 9.59 Å². The number of aromatic nitrogens is 3. The van der Waals surface area contributed by atoms with E-state index in [9.17, 15) is 9.59 Å². The van der Waals surface area contributed by atoms with Gasteiger partial charge in [0.2, 0.25) is 11.8 Å². The summed E-state index contributed by atoms with van der Waals surface area (Å²) in [6, 6.07) is 23.6. The Kier molecular flexibility index (Phi) is 7.07. The zero-order valence-corrected chi connectivity index (χ0v) is 21.6. The number of nitrogens with one attached hydrogen (secondary N) is 2. The van der Waals surface area contributed by atoms with Gasteiger partial charge in [-0.3, -0.25) is 14.7 Å². The predicted molar refractivity (Wildman–Crippen MR) is 148 cm³/mol. The fourth-order valence-corrected chi connectivity index (χ4v) is 4.92. The van der Waals surface area contributed by atoms with Crippen molar-refractivity contribution in [3.63, 3.8) is 0 Å². The van der Waals surface area contributed by atoms with Gasteiger partial charge in [-0.25, -0.2) is 4.98 Å². The molecule has 194 valence electrons. The number of nitrogens with zero attached hydrogens (tertiary/aromatic N) is 3. The minimum Gasteiger partial charge on any atom is -0.344 e. The number of nitrogens with two attached hydrogens (primary N) is 1. The van der Waals surface area contributed by atoms with Crippen LogP contribution >= 0.6 is 0 Å². The molecule has 8 nitrogen and oxygen atoms in total. The van der Waals surface area contributed by atoms with Crippen molar-refractivity contribution in [3.05, 3.63) is 90.3 Å². The smallest absolute Gasteiger partial charge is 0.249 e. The Morgan fingerprint density at radius 1 is 1.05 bits per heavy atom. The maximum atomic E-state index is 13.7. The van der Waals surface area contributed by atoms with Crippen LogP contribution < -0.4 is 16.0 Å². The van der Waals surface area contributed by atoms with Gasteiger partial charge in [0, 0.05) is 23.2 Å². The van der Waals surface area contributed by atoms with Crippen LogP contribution in [0.15, 0.2) is 79.1 Å². The molecule has 1 aromatic heterocycles. The molecular weight excluding hydrogens is 476 g/mol. The Labute approximate surface area is 222 Å². The second-order valence-corrected chi connectivity index (χ2v) is 10.5. The summed E-state index contributed by atoms with van der Waals surface area (Å²) in [4.78, 5) is 32.5. The highest BCUT2D eigenvalue weighted by atomic mass is 16.2. The third-order valence-electron chi connectivity index (χ3n) is 6.70. The molecule has 4 aromatic rings. The first kappa shape index (κ1) is 25.4. The average molecular weight is 509 g/mol. The van der Waals surface area contributed by atoms with E-state index in [2.05, 4.69) is 38.7 Å². The molecule has 1 atom stereocenters. The standard InChI is InChI=1S/C30H32N6O2/c1-30(2,31)17-27(37)34-25-16-15-22-7-3-6-10-26(22)36(29(25)38)18-20-11-13-21(14-12-20)23-8-4-5-9-24(23)28-32-19-33-35-28/h3-14,19,25H,15-18,31H2,1-2H3,(H,34,37)(H,32,33,35)/t25-/m1/s1. The molecule has 0 radical (unpaired) electrons. The van der Waals surface area contributed by atoms with Crippen LogP contribution in [0.25, 0.3) is 22.5 Å². The fraction of sp³-hybridized carbons (Fsp3) is 0.267. The first-order valence-electron chi connectivity index (χ1n) is 12.8. The van der Waals surface area contributed by atoms with Gasteiger partial charge >= 0.3 is 0 Å². The molecule has 5 rings (SSSR count). The first-order chi connectivity index (χ1) is 18.3. The van der Waals surface area contributed by atoms with E-state index in [0.29, 0.717) is 25.2 Å². The topological polar surface area (TPSA) is 117 Å². The maximum absolute atomic E-state index is 13.7. The lowest BCUT2D eigenvalue weighted by Gasteiger charge is -2.27. The lowest BCUT2D eigenvalue weighted by atomic mass is 9.98. The molecule has 1 aliphatic rings. The quantitative estimate of drug-likeness (QED) is 0.345. The summed E-state index contributed by atoms with van der Waals surface area (Å²) in [6.07, 6.45) is 2.89. The minimum atomic E-state index is -0.645. The molecule has 8 heteroatoms. The summed E-state index contributed by atoms with van der Waals surface area (Å²) < 4.78 is 0. The molecule has 4 N–H and O–H groups in total. The van der Waals surface area contributed by atoms with Gasteiger partial charge in [0.05, 0.1) is 6.54 Å². The Bertz CT molecular complexity index is 1420. The molecule has 0 aliphatic carbocycles. The Morgan fingerprint density at radius 2 is 1.76 bits per heavy atom. The van der Waals surface area contributed by atoms with Crippen molar-refractivity contribution in [3.8, 4) is 22.5 Å². The average Bonchev–Trinajstić information content (AvgIpc) is 3.40. The number of hydrogen-bond donors (Lipinski definition) is 3. The molecule has 0 bridgehead atoms. The van der Waals surface area contributed by atoms with Crippen molar-refractivity contribution in [1.29, 1.82) is 0 Å². The van der Waals surface area contributed by atoms with Gasteiger partial charge in [-0.2, -0.15) is 5.10 Å². The van der Waals surface area contributed by atoms with Gasteiger partial charge in [0.25, 0.3) is 0 Å². The van der Waals surface area contributed by atoms with Crippen molar-refractivity contribution in [2.24, 2.45) is 5.73 Å². The van der Waals surface area contributed by atoms with Crippen LogP contribution in [0, 0.1) is 0 Å². The van der Waals surface area contributed by atoms with E-state index in [1.54, 1.807) is 18.7 Å². The molecule has 3 aromatic carbocycles. The lowest BCUT2D eigenvalue weighted by molar-refractivity contribution is -0.128. The summed E-state index contributed by atoms with van der Waals surface area (Å²) in [5, 5.41) is 9.86. The summed E-state index contributed by atoms with van der Waals surface area (Å²) in [5.74, 6) is 0.386. The predicted octanol–water partition coefficient (Wildman–Crippen LogP) is 4.23. The Morgan fingerprint density at radius 3 is 2.47 bits per heavy atom. The van der Waals surface area contributed by atoms with Crippen LogP contribution in [0.5, 0.6) is 0 Å². The van der Waals surface area contributed by atoms with E-state index in [0.717, 1.165) is 33.5 Å². The number of amides is 2. The van der Waals surface area contributed by atoms with Gasteiger partial charge in [-0.1, -0.05) is 66.7 Å². The van der Waals surface area contributed by atoms with Crippen molar-refractivity contribution in [1.82, 2.24) is 20.5 Å². The number of aromatic amines is 1. The molecule has 0 unspecified atom stereocenters. The van der Waals surface area contributed by atoms with E-state index in [4.69, 9.17) is 5.73 Å². The third-order valence-corrected chi connectivity index (χ3v) is 6.70. The largest absolute Gasteiger partial charge is 0.344 e. The van der Waals surface area contributed by atoms with Crippen molar-refractivity contribution in [2.75, 3.05) is 4.90 Å². The second kappa shape index (κ2) is 10.6. The van der Waals surface area contributed by atoms with Crippen LogP contribution in [0.2, 0.25) is 0 Å². The molecule has 0 saturated carbocycles. The maximum Gasteiger partial charge on any atom is 0.249 e. The fourth-order valence-electron chi connectivity index (χ4n) is 4.92. The van der Waals surface area contributed by atoms with Gasteiger partial charge in [-0.15, -0.1) is 0 Å². The van der Waals surface area contributed by atoms with Gasteiger partial charge in [0.1, 0.15) is 12.4 Å². The number of fused-ring (bicyclic) bond motifs is 1. The Hall–Kier alpha value is -4.30. The highest BCUT2D eigenvalue weighted by Crippen LogP contribution is 2.32. The molecule has 0 spiro atoms. The summed E-state index contributed by atoms with van der Waals surface area (Å²) in [7, 11) is 0. The third kappa shape index (κ3) is 5.65. The van der Waals surface area contributed by atoms with Gasteiger partial charge < -0.3 is 16.0 Å². The normalized spacial score (nSPS) is 15.6. The molecule has 2 amide bonds. The van der Waals surface area contributed by atoms with Crippen LogP contribution in [0.1, 0.15) is 37.8 Å². The molecule has 0 fully saturated rings. The monoisotopic (exact) mass is 508 g/mol. The minimum absolute atomic E-state index is 0.113. The van der Waals surface area contributed by atoms with E-state index in [-0.39, 0.29) is 18.2 Å². The molecule has 0 saturated heterocycles. The molecule has 2 heterocycles. The summed E-state index contributed by atoms with van der Waals surface area (Å²) in [6.45, 7) is 4.00. The number of para-hydroxylation sites is 1. The zero-order chi connectivity index (χ0) is 26.7. The lowest BCUT2D eigenvalue weighted by Crippen LogP contribution is -2.49. The highest BCUT2D eigenvalue weighted by Gasteiger charge is 2.32. The highest BCUT2D eigenvalue weighted by molar-refractivity contribution is 6.00. The number of benzene rings is 3. The first-order valence-corrected chi connectivity index (χ1v) is 12.8. The molecular formula is C30H32N6O2. The van der Waals surface area contributed by atoms with E-state index in [1.807, 2.05) is 54.6 Å². The summed E-state index contributed by atoms with van der Waals surface area (Å²) in [5.41, 5.74) is 11.4. The van der Waals surface area contributed by atoms with E-state index >= 15 is 0 Å². The summed E-state index contributed by atoms with van der Waals surface area (Å²) >= 11 is 0. The SMILES string of the molecule is CC(C)(N)CC(=O)N[C@@H]1CCc2ccccc2N(Cc2ccc(-c3ccccc3-c3ncn[nH]3)cc2)C1=O. The number of hydrogen-bond acceptors (Lipinski definition) is 5. The van der Waals surface area contributed by atoms with Crippen LogP contribution in [-0.2, 0) is 22.6 Å². The number of rotatable bonds is 7. The number of aryl methyl sites for hydroxylation is 1. The van der Waals surface area contributed by atoms with E-state index < -0.39 is 11.6 Å². The van der Waals surface area contributed by atoms with Crippen molar-refractivity contribution >= 4 is 17.5 Å². The van der Waals surface area contributed by atoms with Gasteiger partial charge in [0.15, 0.2) is 5.82 Å². The van der Waals surface area contributed by atoms with Gasteiger partial charge in [-0.05, 0) is 55.0 Å². The van der Waals surface area contributed by atoms with Crippen LogP contribution in [-0.4, -0.2) is 38.6 Å². The van der Waals surface area contributed by atoms with Crippen molar-refractivity contribution in [2.45, 2.75) is 51.2 Å². The number of carbonyl (C=O) groups is 2. The number of H-pyrrole nitrogens is 1. The number of carbonyl (C=O) groups excluding carboxylic acids is 2. The Balaban J connectivity index is 1.40. The van der Waals surface area contributed by atoms with Crippen LogP contribution in [0.3, 0.4) is 0 Å². The second-order valence-electron chi connectivity index (χ2n) is 10.5. The van der Waals surface area contributed by atoms with E-state index in [1.165, 1.54) is 6.33 Å². The molecule has 38 heavy (non-hydrogen) atoms. The zero-order valence-electron chi connectivity index (χ0n) is 21.6. The molecule has 1 aliphatic heterocycles.